The fourth-order valence-corrected chi connectivity index (χ4v) is 2.71. The molecule has 1 atom stereocenters. The third-order valence-corrected chi connectivity index (χ3v) is 3.84. The van der Waals surface area contributed by atoms with Crippen molar-refractivity contribution >= 4 is 11.6 Å². The molecule has 1 aromatic heterocycles. The first kappa shape index (κ1) is 14.7. The van der Waals surface area contributed by atoms with Crippen LogP contribution in [0.2, 0.25) is 0 Å². The third kappa shape index (κ3) is 3.08. The van der Waals surface area contributed by atoms with E-state index in [-0.39, 0.29) is 11.9 Å². The normalized spacial score (nSPS) is 20.6. The Balaban J connectivity index is 2.25. The van der Waals surface area contributed by atoms with Crippen LogP contribution in [0.15, 0.2) is 18.5 Å². The topological polar surface area (TPSA) is 74.5 Å². The summed E-state index contributed by atoms with van der Waals surface area (Å²) in [7, 11) is 2.10. The van der Waals surface area contributed by atoms with Crippen LogP contribution < -0.4 is 11.3 Å². The molecule has 1 aromatic rings. The molecule has 1 aliphatic rings. The number of nitrogens with zero attached hydrogens (tertiary/aromatic N) is 3. The number of anilines is 1. The number of carbonyl (C=O) groups is 1. The van der Waals surface area contributed by atoms with E-state index in [2.05, 4.69) is 29.3 Å². The number of nitrogen functional groups attached to an aromatic ring is 1. The Bertz CT molecular complexity index is 465. The molecule has 1 amide bonds. The van der Waals surface area contributed by atoms with Crippen LogP contribution in [0.25, 0.3) is 0 Å². The minimum absolute atomic E-state index is 0.00759. The monoisotopic (exact) mass is 277 g/mol. The second kappa shape index (κ2) is 6.67. The summed E-state index contributed by atoms with van der Waals surface area (Å²) in [6.07, 6.45) is 5.14. The van der Waals surface area contributed by atoms with E-state index >= 15 is 0 Å². The molecule has 3 N–H and O–H groups in total. The molecule has 1 aliphatic heterocycles. The van der Waals surface area contributed by atoms with Gasteiger partial charge in [0.25, 0.3) is 5.91 Å². The number of amides is 1. The predicted octanol–water partition coefficient (Wildman–Crippen LogP) is 0.924. The number of rotatable bonds is 3. The molecule has 20 heavy (non-hydrogen) atoms. The van der Waals surface area contributed by atoms with E-state index in [1.807, 2.05) is 4.90 Å². The van der Waals surface area contributed by atoms with E-state index in [0.717, 1.165) is 32.5 Å². The van der Waals surface area contributed by atoms with Crippen molar-refractivity contribution in [3.63, 3.8) is 0 Å². The number of nitrogens with two attached hydrogens (primary N) is 1. The fourth-order valence-electron chi connectivity index (χ4n) is 2.71. The highest BCUT2D eigenvalue weighted by Gasteiger charge is 2.28. The highest BCUT2D eigenvalue weighted by Crippen LogP contribution is 2.19. The van der Waals surface area contributed by atoms with Crippen molar-refractivity contribution in [1.82, 2.24) is 14.8 Å². The predicted molar refractivity (Wildman–Crippen MR) is 79.3 cm³/mol. The number of hydrazine groups is 1. The molecule has 2 rings (SSSR count). The van der Waals surface area contributed by atoms with Crippen molar-refractivity contribution in [2.75, 3.05) is 32.1 Å². The quantitative estimate of drug-likeness (QED) is 0.635. The maximum absolute atomic E-state index is 12.8. The van der Waals surface area contributed by atoms with Gasteiger partial charge in [0.05, 0.1) is 11.3 Å². The SMILES string of the molecule is CCC1CN(C)CCCN1C(=O)c1cnccc1NN. The molecule has 110 valence electrons. The Morgan fingerprint density at radius 3 is 3.05 bits per heavy atom. The number of pyridine rings is 1. The van der Waals surface area contributed by atoms with Crippen LogP contribution in [0.5, 0.6) is 0 Å². The first-order valence-electron chi connectivity index (χ1n) is 7.07. The van der Waals surface area contributed by atoms with Gasteiger partial charge in [0.1, 0.15) is 0 Å². The van der Waals surface area contributed by atoms with Gasteiger partial charge in [-0.15, -0.1) is 0 Å². The van der Waals surface area contributed by atoms with Crippen molar-refractivity contribution in [2.24, 2.45) is 5.84 Å². The third-order valence-electron chi connectivity index (χ3n) is 3.84. The second-order valence-corrected chi connectivity index (χ2v) is 5.24. The summed E-state index contributed by atoms with van der Waals surface area (Å²) < 4.78 is 0. The van der Waals surface area contributed by atoms with Gasteiger partial charge in [-0.25, -0.2) is 0 Å². The highest BCUT2D eigenvalue weighted by atomic mass is 16.2. The Morgan fingerprint density at radius 1 is 1.55 bits per heavy atom. The Morgan fingerprint density at radius 2 is 2.35 bits per heavy atom. The fraction of sp³-hybridized carbons (Fsp3) is 0.571. The molecular formula is C14H23N5O. The van der Waals surface area contributed by atoms with Crippen molar-refractivity contribution < 1.29 is 4.79 Å². The van der Waals surface area contributed by atoms with Gasteiger partial charge in [0, 0.05) is 31.5 Å². The summed E-state index contributed by atoms with van der Waals surface area (Å²) >= 11 is 0. The smallest absolute Gasteiger partial charge is 0.257 e. The summed E-state index contributed by atoms with van der Waals surface area (Å²) in [5.41, 5.74) is 3.74. The minimum atomic E-state index is 0.00759. The molecule has 0 spiro atoms. The maximum Gasteiger partial charge on any atom is 0.257 e. The Labute approximate surface area is 119 Å². The van der Waals surface area contributed by atoms with E-state index in [9.17, 15) is 4.79 Å². The second-order valence-electron chi connectivity index (χ2n) is 5.24. The maximum atomic E-state index is 12.8. The van der Waals surface area contributed by atoms with E-state index < -0.39 is 0 Å². The zero-order valence-corrected chi connectivity index (χ0v) is 12.2. The van der Waals surface area contributed by atoms with Crippen LogP contribution in [0.4, 0.5) is 5.69 Å². The van der Waals surface area contributed by atoms with E-state index in [1.54, 1.807) is 18.5 Å². The number of likely N-dealkylation sites (N-methyl/N-ethyl adjacent to an activating group) is 1. The van der Waals surface area contributed by atoms with Gasteiger partial charge in [-0.05, 0) is 32.5 Å². The lowest BCUT2D eigenvalue weighted by molar-refractivity contribution is 0.0676. The highest BCUT2D eigenvalue weighted by molar-refractivity contribution is 5.99. The summed E-state index contributed by atoms with van der Waals surface area (Å²) in [5, 5.41) is 0. The zero-order chi connectivity index (χ0) is 14.5. The number of aromatic nitrogens is 1. The molecule has 0 saturated carbocycles. The van der Waals surface area contributed by atoms with Gasteiger partial charge in [0.15, 0.2) is 0 Å². The summed E-state index contributed by atoms with van der Waals surface area (Å²) in [5.74, 6) is 5.49. The molecular weight excluding hydrogens is 254 g/mol. The van der Waals surface area contributed by atoms with Crippen LogP contribution in [0.3, 0.4) is 0 Å². The molecule has 0 aliphatic carbocycles. The molecule has 2 heterocycles. The average molecular weight is 277 g/mol. The van der Waals surface area contributed by atoms with E-state index in [1.165, 1.54) is 0 Å². The molecule has 0 radical (unpaired) electrons. The van der Waals surface area contributed by atoms with Crippen LogP contribution in [0, 0.1) is 0 Å². The molecule has 0 bridgehead atoms. The van der Waals surface area contributed by atoms with Crippen LogP contribution >= 0.6 is 0 Å². The summed E-state index contributed by atoms with van der Waals surface area (Å²) in [4.78, 5) is 21.1. The number of hydrogen-bond acceptors (Lipinski definition) is 5. The Hall–Kier alpha value is -1.66. The molecule has 6 heteroatoms. The molecule has 1 fully saturated rings. The van der Waals surface area contributed by atoms with Gasteiger partial charge < -0.3 is 15.2 Å². The lowest BCUT2D eigenvalue weighted by atomic mass is 10.1. The first-order valence-corrected chi connectivity index (χ1v) is 7.07. The largest absolute Gasteiger partial charge is 0.334 e. The van der Waals surface area contributed by atoms with E-state index in [0.29, 0.717) is 11.3 Å². The van der Waals surface area contributed by atoms with E-state index in [4.69, 9.17) is 5.84 Å². The molecule has 1 saturated heterocycles. The van der Waals surface area contributed by atoms with Gasteiger partial charge in [-0.3, -0.25) is 15.6 Å². The van der Waals surface area contributed by atoms with Crippen LogP contribution in [0.1, 0.15) is 30.1 Å². The summed E-state index contributed by atoms with van der Waals surface area (Å²) in [6.45, 7) is 4.83. The summed E-state index contributed by atoms with van der Waals surface area (Å²) in [6, 6.07) is 1.96. The van der Waals surface area contributed by atoms with Crippen LogP contribution in [-0.4, -0.2) is 53.4 Å². The lowest BCUT2D eigenvalue weighted by Crippen LogP contribution is -2.43. The zero-order valence-electron chi connectivity index (χ0n) is 12.2. The van der Waals surface area contributed by atoms with Gasteiger partial charge in [0.2, 0.25) is 0 Å². The van der Waals surface area contributed by atoms with Crippen molar-refractivity contribution in [3.8, 4) is 0 Å². The number of hydrogen-bond donors (Lipinski definition) is 2. The minimum Gasteiger partial charge on any atom is -0.334 e. The van der Waals surface area contributed by atoms with Crippen molar-refractivity contribution in [3.05, 3.63) is 24.0 Å². The van der Waals surface area contributed by atoms with Gasteiger partial charge in [-0.1, -0.05) is 6.92 Å². The van der Waals surface area contributed by atoms with Gasteiger partial charge >= 0.3 is 0 Å². The standard InChI is InChI=1S/C14H23N5O/c1-3-11-10-18(2)7-4-8-19(11)14(20)12-9-16-6-5-13(12)17-15/h5-6,9,11H,3-4,7-8,10,15H2,1-2H3,(H,16,17). The number of nitrogens with one attached hydrogen (secondary N) is 1. The first-order chi connectivity index (χ1) is 9.67. The lowest BCUT2D eigenvalue weighted by Gasteiger charge is -2.30. The van der Waals surface area contributed by atoms with Gasteiger partial charge in [-0.2, -0.15) is 0 Å². The average Bonchev–Trinajstić information content (AvgIpc) is 2.67. The van der Waals surface area contributed by atoms with Crippen molar-refractivity contribution in [2.45, 2.75) is 25.8 Å². The molecule has 1 unspecified atom stereocenters. The number of carbonyl (C=O) groups excluding carboxylic acids is 1. The van der Waals surface area contributed by atoms with Crippen LogP contribution in [-0.2, 0) is 0 Å². The van der Waals surface area contributed by atoms with Crippen molar-refractivity contribution in [1.29, 1.82) is 0 Å². The Kier molecular flexibility index (Phi) is 4.92. The molecule has 0 aromatic carbocycles. The molecule has 6 nitrogen and oxygen atoms in total.